The Morgan fingerprint density at radius 1 is 0.667 bits per heavy atom. The molecule has 0 bridgehead atoms. The molecule has 152 valence electrons. The summed E-state index contributed by atoms with van der Waals surface area (Å²) in [6.07, 6.45) is -0.685. The first-order chi connectivity index (χ1) is 12.6. The Morgan fingerprint density at radius 2 is 1.00 bits per heavy atom. The molecule has 0 aliphatic rings. The lowest BCUT2D eigenvalue weighted by Crippen LogP contribution is -2.29. The van der Waals surface area contributed by atoms with E-state index < -0.39 is 24.0 Å². The maximum Gasteiger partial charge on any atom is 0.335 e. The molecule has 0 fully saturated rings. The van der Waals surface area contributed by atoms with E-state index in [2.05, 4.69) is 19.7 Å². The van der Waals surface area contributed by atoms with Crippen molar-refractivity contribution in [3.63, 3.8) is 0 Å². The normalized spacial score (nSPS) is 10.2. The molecular weight excluding hydrogens is 360 g/mol. The minimum atomic E-state index is -0.685. The molecule has 0 aliphatic carbocycles. The third kappa shape index (κ3) is 12.5. The van der Waals surface area contributed by atoms with E-state index in [-0.39, 0.29) is 50.3 Å². The van der Waals surface area contributed by atoms with Crippen LogP contribution in [-0.4, -0.2) is 57.6 Å². The number of carbonyl (C=O) groups is 3. The summed E-state index contributed by atoms with van der Waals surface area (Å²) in [5.74, 6) is -1.79. The van der Waals surface area contributed by atoms with Crippen molar-refractivity contribution >= 4 is 17.9 Å². The molecular formula is C18H26O9. The molecule has 0 heterocycles. The number of hydrogen-bond acceptors (Lipinski definition) is 9. The lowest BCUT2D eigenvalue weighted by Gasteiger charge is -2.18. The minimum absolute atomic E-state index is 0.0392. The molecule has 9 heteroatoms. The van der Waals surface area contributed by atoms with Gasteiger partial charge in [-0.1, -0.05) is 19.7 Å². The highest BCUT2D eigenvalue weighted by Crippen LogP contribution is 2.01. The fourth-order valence-corrected chi connectivity index (χ4v) is 1.25. The first-order valence-corrected chi connectivity index (χ1v) is 7.90. The quantitative estimate of drug-likeness (QED) is 0.145. The lowest BCUT2D eigenvalue weighted by molar-refractivity contribution is -0.180. The van der Waals surface area contributed by atoms with Gasteiger partial charge in [-0.15, -0.1) is 0 Å². The molecule has 0 aliphatic heterocycles. The second kappa shape index (κ2) is 13.7. The predicted octanol–water partition coefficient (Wildman–Crippen LogP) is 1.64. The molecule has 0 aromatic rings. The van der Waals surface area contributed by atoms with Crippen LogP contribution in [0.2, 0.25) is 0 Å². The van der Waals surface area contributed by atoms with Crippen LogP contribution < -0.4 is 0 Å². The van der Waals surface area contributed by atoms with Gasteiger partial charge in [-0.05, 0) is 20.8 Å². The molecule has 0 aromatic carbocycles. The van der Waals surface area contributed by atoms with Crippen molar-refractivity contribution in [2.75, 3.05) is 33.6 Å². The Hall–Kier alpha value is -2.49. The van der Waals surface area contributed by atoms with E-state index >= 15 is 0 Å². The molecule has 0 saturated heterocycles. The highest BCUT2D eigenvalue weighted by molar-refractivity contribution is 5.87. The van der Waals surface area contributed by atoms with Gasteiger partial charge >= 0.3 is 17.9 Å². The van der Waals surface area contributed by atoms with Crippen molar-refractivity contribution in [1.29, 1.82) is 0 Å². The first kappa shape index (κ1) is 24.5. The van der Waals surface area contributed by atoms with Gasteiger partial charge in [0.15, 0.2) is 20.4 Å². The molecule has 0 spiro atoms. The zero-order valence-corrected chi connectivity index (χ0v) is 15.9. The van der Waals surface area contributed by atoms with Gasteiger partial charge in [0.2, 0.25) is 0 Å². The third-order valence-electron chi connectivity index (χ3n) is 2.69. The number of ether oxygens (including phenoxy) is 6. The van der Waals surface area contributed by atoms with Crippen molar-refractivity contribution in [3.05, 3.63) is 36.5 Å². The number of carbonyl (C=O) groups excluding carboxylic acids is 3. The monoisotopic (exact) mass is 386 g/mol. The zero-order valence-electron chi connectivity index (χ0n) is 15.9. The van der Waals surface area contributed by atoms with Crippen molar-refractivity contribution in [2.45, 2.75) is 26.9 Å². The number of esters is 3. The molecule has 0 rings (SSSR count). The molecule has 0 saturated carbocycles. The van der Waals surface area contributed by atoms with Gasteiger partial charge in [-0.25, -0.2) is 14.4 Å². The van der Waals surface area contributed by atoms with Gasteiger partial charge < -0.3 is 28.4 Å². The van der Waals surface area contributed by atoms with Gasteiger partial charge in [0.05, 0.1) is 13.2 Å². The summed E-state index contributed by atoms with van der Waals surface area (Å²) in [7, 11) is 0. The van der Waals surface area contributed by atoms with E-state index in [1.165, 1.54) is 20.8 Å². The van der Waals surface area contributed by atoms with Gasteiger partial charge in [-0.3, -0.25) is 0 Å². The molecule has 0 unspecified atom stereocenters. The Bertz CT molecular complexity index is 531. The Balaban J connectivity index is 4.30. The Kier molecular flexibility index (Phi) is 12.4. The van der Waals surface area contributed by atoms with Gasteiger partial charge in [-0.2, -0.15) is 0 Å². The summed E-state index contributed by atoms with van der Waals surface area (Å²) >= 11 is 0. The highest BCUT2D eigenvalue weighted by atomic mass is 16.7. The van der Waals surface area contributed by atoms with Crippen LogP contribution in [0.15, 0.2) is 36.5 Å². The summed E-state index contributed by atoms with van der Waals surface area (Å²) < 4.78 is 30.0. The van der Waals surface area contributed by atoms with E-state index in [9.17, 15) is 14.4 Å². The van der Waals surface area contributed by atoms with Crippen molar-refractivity contribution in [3.8, 4) is 0 Å². The van der Waals surface area contributed by atoms with Crippen LogP contribution in [0.4, 0.5) is 0 Å². The smallest absolute Gasteiger partial charge is 0.335 e. The molecule has 0 atom stereocenters. The van der Waals surface area contributed by atoms with E-state index in [1.807, 2.05) is 0 Å². The largest absolute Gasteiger partial charge is 0.435 e. The average molecular weight is 386 g/mol. The zero-order chi connectivity index (χ0) is 20.8. The second-order valence-corrected chi connectivity index (χ2v) is 5.52. The van der Waals surface area contributed by atoms with Crippen LogP contribution in [-0.2, 0) is 42.8 Å². The molecule has 0 amide bonds. The van der Waals surface area contributed by atoms with Crippen molar-refractivity contribution in [2.24, 2.45) is 0 Å². The molecule has 9 nitrogen and oxygen atoms in total. The van der Waals surface area contributed by atoms with Crippen LogP contribution in [0.1, 0.15) is 20.8 Å². The standard InChI is InChI=1S/C18H26O9/c1-12(2)16(19)25-9-22-7-15(24-11-27-18(21)14(5)6)8-23-10-26-17(20)13(3)4/h15H,1,3,5,7-11H2,2,4,6H3. The van der Waals surface area contributed by atoms with Crippen LogP contribution >= 0.6 is 0 Å². The van der Waals surface area contributed by atoms with Gasteiger partial charge in [0.1, 0.15) is 6.10 Å². The molecule has 0 radical (unpaired) electrons. The van der Waals surface area contributed by atoms with Crippen LogP contribution in [0.3, 0.4) is 0 Å². The summed E-state index contributed by atoms with van der Waals surface area (Å²) in [5, 5.41) is 0. The third-order valence-corrected chi connectivity index (χ3v) is 2.69. The first-order valence-electron chi connectivity index (χ1n) is 7.90. The number of hydrogen-bond donors (Lipinski definition) is 0. The van der Waals surface area contributed by atoms with Crippen LogP contribution in [0.5, 0.6) is 0 Å². The van der Waals surface area contributed by atoms with Gasteiger partial charge in [0.25, 0.3) is 0 Å². The topological polar surface area (TPSA) is 107 Å². The highest BCUT2D eigenvalue weighted by Gasteiger charge is 2.14. The van der Waals surface area contributed by atoms with E-state index in [0.29, 0.717) is 0 Å². The van der Waals surface area contributed by atoms with Crippen LogP contribution in [0, 0.1) is 0 Å². The fourth-order valence-electron chi connectivity index (χ4n) is 1.25. The van der Waals surface area contributed by atoms with E-state index in [4.69, 9.17) is 28.4 Å². The maximum atomic E-state index is 11.3. The van der Waals surface area contributed by atoms with Crippen LogP contribution in [0.25, 0.3) is 0 Å². The van der Waals surface area contributed by atoms with Crippen molar-refractivity contribution in [1.82, 2.24) is 0 Å². The average Bonchev–Trinajstić information content (AvgIpc) is 2.60. The molecule has 0 N–H and O–H groups in total. The second-order valence-electron chi connectivity index (χ2n) is 5.52. The maximum absolute atomic E-state index is 11.3. The Morgan fingerprint density at radius 3 is 1.33 bits per heavy atom. The summed E-state index contributed by atoms with van der Waals surface area (Å²) in [5.41, 5.74) is 0.697. The number of rotatable bonds is 14. The fraction of sp³-hybridized carbons (Fsp3) is 0.500. The summed E-state index contributed by atoms with van der Waals surface area (Å²) in [6.45, 7) is 13.8. The summed E-state index contributed by atoms with van der Waals surface area (Å²) in [4.78, 5) is 33.8. The molecule has 0 aromatic heterocycles. The lowest BCUT2D eigenvalue weighted by atomic mass is 10.4. The minimum Gasteiger partial charge on any atom is -0.435 e. The SMILES string of the molecule is C=C(C)C(=O)OCOCC(COCOC(=O)C(=C)C)OCOC(=O)C(=C)C. The van der Waals surface area contributed by atoms with Gasteiger partial charge in [0, 0.05) is 16.7 Å². The Labute approximate surface area is 158 Å². The van der Waals surface area contributed by atoms with E-state index in [1.54, 1.807) is 0 Å². The van der Waals surface area contributed by atoms with E-state index in [0.717, 1.165) is 0 Å². The predicted molar refractivity (Wildman–Crippen MR) is 94.1 cm³/mol. The summed E-state index contributed by atoms with van der Waals surface area (Å²) in [6, 6.07) is 0. The van der Waals surface area contributed by atoms with Crippen molar-refractivity contribution < 1.29 is 42.8 Å². The molecule has 27 heavy (non-hydrogen) atoms.